The zero-order valence-electron chi connectivity index (χ0n) is 8.40. The van der Waals surface area contributed by atoms with E-state index < -0.39 is 0 Å². The molecule has 0 bridgehead atoms. The number of nitrogens with two attached hydrogens (primary N) is 1. The maximum atomic E-state index is 11.1. The number of hydrogen-bond donors (Lipinski definition) is 2. The van der Waals surface area contributed by atoms with Gasteiger partial charge in [-0.2, -0.15) is 0 Å². The second-order valence-electron chi connectivity index (χ2n) is 3.42. The van der Waals surface area contributed by atoms with Crippen LogP contribution in [0.3, 0.4) is 0 Å². The molecular formula is C11H10BrN3O. The van der Waals surface area contributed by atoms with Crippen molar-refractivity contribution in [2.45, 2.75) is 6.42 Å². The summed E-state index contributed by atoms with van der Waals surface area (Å²) >= 11 is 3.36. The molecular weight excluding hydrogens is 270 g/mol. The molecule has 1 amide bonds. The van der Waals surface area contributed by atoms with Crippen LogP contribution in [0.2, 0.25) is 0 Å². The Balaban J connectivity index is 2.39. The number of rotatable bonds is 2. The first-order valence-electron chi connectivity index (χ1n) is 4.72. The predicted octanol–water partition coefficient (Wildman–Crippen LogP) is 1.53. The fourth-order valence-electron chi connectivity index (χ4n) is 1.50. The molecule has 0 radical (unpaired) electrons. The van der Waals surface area contributed by atoms with Gasteiger partial charge in [0, 0.05) is 16.1 Å². The molecule has 3 N–H and O–H groups in total. The summed E-state index contributed by atoms with van der Waals surface area (Å²) in [5, 5.41) is 0.997. The lowest BCUT2D eigenvalue weighted by Gasteiger charge is -2.03. The highest BCUT2D eigenvalue weighted by atomic mass is 79.9. The van der Waals surface area contributed by atoms with E-state index in [0.717, 1.165) is 20.9 Å². The standard InChI is InChI=1S/C11H10BrN3O/c12-9-5-8-3-7(4-11(16)15-13)1-2-10(8)14-6-9/h1-3,5-6H,4,13H2,(H,15,16). The van der Waals surface area contributed by atoms with E-state index in [1.54, 1.807) is 6.20 Å². The molecule has 0 saturated carbocycles. The van der Waals surface area contributed by atoms with Crippen molar-refractivity contribution < 1.29 is 4.79 Å². The molecule has 2 rings (SSSR count). The minimum absolute atomic E-state index is 0.206. The summed E-state index contributed by atoms with van der Waals surface area (Å²) < 4.78 is 0.917. The fraction of sp³-hybridized carbons (Fsp3) is 0.0909. The molecule has 16 heavy (non-hydrogen) atoms. The number of amides is 1. The Bertz CT molecular complexity index is 542. The van der Waals surface area contributed by atoms with Gasteiger partial charge in [-0.15, -0.1) is 0 Å². The summed E-state index contributed by atoms with van der Waals surface area (Å²) in [5.74, 6) is 4.83. The van der Waals surface area contributed by atoms with Gasteiger partial charge < -0.3 is 0 Å². The maximum Gasteiger partial charge on any atom is 0.238 e. The summed E-state index contributed by atoms with van der Waals surface area (Å²) in [6, 6.07) is 7.66. The summed E-state index contributed by atoms with van der Waals surface area (Å²) in [6.07, 6.45) is 2.02. The van der Waals surface area contributed by atoms with Crippen molar-refractivity contribution in [3.8, 4) is 0 Å². The molecule has 1 aromatic heterocycles. The van der Waals surface area contributed by atoms with Crippen molar-refractivity contribution in [2.24, 2.45) is 5.84 Å². The third-order valence-electron chi connectivity index (χ3n) is 2.24. The van der Waals surface area contributed by atoms with Gasteiger partial charge in [-0.1, -0.05) is 6.07 Å². The molecule has 0 atom stereocenters. The Morgan fingerprint density at radius 3 is 3.00 bits per heavy atom. The van der Waals surface area contributed by atoms with Crippen molar-refractivity contribution in [3.63, 3.8) is 0 Å². The Morgan fingerprint density at radius 2 is 2.25 bits per heavy atom. The molecule has 0 spiro atoms. The van der Waals surface area contributed by atoms with Gasteiger partial charge in [0.2, 0.25) is 5.91 Å². The van der Waals surface area contributed by atoms with Crippen molar-refractivity contribution in [1.82, 2.24) is 10.4 Å². The van der Waals surface area contributed by atoms with E-state index in [0.29, 0.717) is 0 Å². The van der Waals surface area contributed by atoms with Crippen LogP contribution in [0.1, 0.15) is 5.56 Å². The predicted molar refractivity (Wildman–Crippen MR) is 65.5 cm³/mol. The minimum atomic E-state index is -0.206. The number of fused-ring (bicyclic) bond motifs is 1. The van der Waals surface area contributed by atoms with Crippen LogP contribution in [0.25, 0.3) is 10.9 Å². The zero-order chi connectivity index (χ0) is 11.5. The molecule has 82 valence electrons. The lowest BCUT2D eigenvalue weighted by Crippen LogP contribution is -2.31. The fourth-order valence-corrected chi connectivity index (χ4v) is 1.85. The second kappa shape index (κ2) is 4.59. The van der Waals surface area contributed by atoms with Gasteiger partial charge in [0.05, 0.1) is 11.9 Å². The number of benzene rings is 1. The lowest BCUT2D eigenvalue weighted by molar-refractivity contribution is -0.120. The topological polar surface area (TPSA) is 68.0 Å². The first kappa shape index (κ1) is 11.0. The van der Waals surface area contributed by atoms with Crippen LogP contribution in [0.5, 0.6) is 0 Å². The van der Waals surface area contributed by atoms with Gasteiger partial charge in [-0.25, -0.2) is 5.84 Å². The molecule has 0 aliphatic heterocycles. The van der Waals surface area contributed by atoms with Crippen LogP contribution in [0.4, 0.5) is 0 Å². The quantitative estimate of drug-likeness (QED) is 0.498. The number of carbonyl (C=O) groups excluding carboxylic acids is 1. The monoisotopic (exact) mass is 279 g/mol. The van der Waals surface area contributed by atoms with Gasteiger partial charge in [-0.3, -0.25) is 15.2 Å². The average Bonchev–Trinajstić information content (AvgIpc) is 2.28. The number of hydrogen-bond acceptors (Lipinski definition) is 3. The number of carbonyl (C=O) groups is 1. The summed E-state index contributed by atoms with van der Waals surface area (Å²) in [5.41, 5.74) is 3.92. The molecule has 0 unspecified atom stereocenters. The van der Waals surface area contributed by atoms with E-state index in [1.165, 1.54) is 0 Å². The third-order valence-corrected chi connectivity index (χ3v) is 2.67. The normalized spacial score (nSPS) is 10.4. The molecule has 0 aliphatic carbocycles. The van der Waals surface area contributed by atoms with E-state index >= 15 is 0 Å². The van der Waals surface area contributed by atoms with Crippen LogP contribution in [0, 0.1) is 0 Å². The lowest BCUT2D eigenvalue weighted by atomic mass is 10.1. The Hall–Kier alpha value is -1.46. The smallest absolute Gasteiger partial charge is 0.238 e. The molecule has 5 heteroatoms. The van der Waals surface area contributed by atoms with Gasteiger partial charge >= 0.3 is 0 Å². The highest BCUT2D eigenvalue weighted by Crippen LogP contribution is 2.18. The first-order valence-corrected chi connectivity index (χ1v) is 5.52. The van der Waals surface area contributed by atoms with E-state index in [2.05, 4.69) is 26.3 Å². The van der Waals surface area contributed by atoms with Crippen LogP contribution in [0.15, 0.2) is 34.9 Å². The molecule has 4 nitrogen and oxygen atoms in total. The highest BCUT2D eigenvalue weighted by Gasteiger charge is 2.03. The summed E-state index contributed by atoms with van der Waals surface area (Å²) in [4.78, 5) is 15.4. The maximum absolute atomic E-state index is 11.1. The SMILES string of the molecule is NNC(=O)Cc1ccc2ncc(Br)cc2c1. The van der Waals surface area contributed by atoms with Crippen LogP contribution >= 0.6 is 15.9 Å². The van der Waals surface area contributed by atoms with Crippen molar-refractivity contribution in [2.75, 3.05) is 0 Å². The zero-order valence-corrected chi connectivity index (χ0v) is 9.99. The largest absolute Gasteiger partial charge is 0.294 e. The summed E-state index contributed by atoms with van der Waals surface area (Å²) in [7, 11) is 0. The number of halogens is 1. The van der Waals surface area contributed by atoms with Crippen molar-refractivity contribution in [3.05, 3.63) is 40.5 Å². The molecule has 1 aromatic carbocycles. The first-order chi connectivity index (χ1) is 7.69. The van der Waals surface area contributed by atoms with Gasteiger partial charge in [0.1, 0.15) is 0 Å². The van der Waals surface area contributed by atoms with Crippen molar-refractivity contribution >= 4 is 32.7 Å². The Labute approximate surface area is 101 Å². The number of nitrogens with one attached hydrogen (secondary N) is 1. The summed E-state index contributed by atoms with van der Waals surface area (Å²) in [6.45, 7) is 0. The van der Waals surface area contributed by atoms with E-state index in [4.69, 9.17) is 5.84 Å². The molecule has 0 fully saturated rings. The number of nitrogens with zero attached hydrogens (tertiary/aromatic N) is 1. The van der Waals surface area contributed by atoms with E-state index in [1.807, 2.05) is 24.3 Å². The Kier molecular flexibility index (Phi) is 3.17. The molecule has 0 saturated heterocycles. The Morgan fingerprint density at radius 1 is 1.44 bits per heavy atom. The van der Waals surface area contributed by atoms with Crippen LogP contribution < -0.4 is 11.3 Å². The number of pyridine rings is 1. The van der Waals surface area contributed by atoms with E-state index in [-0.39, 0.29) is 12.3 Å². The van der Waals surface area contributed by atoms with Crippen molar-refractivity contribution in [1.29, 1.82) is 0 Å². The second-order valence-corrected chi connectivity index (χ2v) is 4.34. The minimum Gasteiger partial charge on any atom is -0.294 e. The number of aromatic nitrogens is 1. The van der Waals surface area contributed by atoms with Gasteiger partial charge in [0.15, 0.2) is 0 Å². The number of hydrazine groups is 1. The van der Waals surface area contributed by atoms with Gasteiger partial charge in [-0.05, 0) is 39.7 Å². The van der Waals surface area contributed by atoms with E-state index in [9.17, 15) is 4.79 Å². The third kappa shape index (κ3) is 2.37. The van der Waals surface area contributed by atoms with Gasteiger partial charge in [0.25, 0.3) is 0 Å². The average molecular weight is 280 g/mol. The molecule has 0 aliphatic rings. The molecule has 2 aromatic rings. The van der Waals surface area contributed by atoms with Crippen LogP contribution in [-0.4, -0.2) is 10.9 Å². The molecule has 1 heterocycles. The van der Waals surface area contributed by atoms with Crippen LogP contribution in [-0.2, 0) is 11.2 Å². The highest BCUT2D eigenvalue weighted by molar-refractivity contribution is 9.10.